The average molecular weight is 416 g/mol. The van der Waals surface area contributed by atoms with Crippen LogP contribution in [0.5, 0.6) is 5.75 Å². The van der Waals surface area contributed by atoms with Crippen LogP contribution in [0.4, 0.5) is 4.39 Å². The Morgan fingerprint density at radius 2 is 2.17 bits per heavy atom. The van der Waals surface area contributed by atoms with Gasteiger partial charge in [-0.05, 0) is 23.9 Å². The molecule has 1 aromatic carbocycles. The van der Waals surface area contributed by atoms with Gasteiger partial charge in [0.1, 0.15) is 0 Å². The van der Waals surface area contributed by atoms with E-state index in [0.29, 0.717) is 4.47 Å². The Morgan fingerprint density at radius 3 is 2.83 bits per heavy atom. The molecule has 1 saturated heterocycles. The molecule has 1 aromatic rings. The van der Waals surface area contributed by atoms with Crippen molar-refractivity contribution in [1.29, 1.82) is 0 Å². The number of hydrogen-bond donors (Lipinski definition) is 1. The maximum atomic E-state index is 14.1. The number of rotatable bonds is 4. The van der Waals surface area contributed by atoms with E-state index in [1.165, 1.54) is 26.5 Å². The standard InChI is InChI=1S/C14H11BrFN3O4S/c1-22-9-4-3-8(15)7(12(9)16)6-17-19-14-18-13(21)10(24-14)5-11(20)23-2/h3-6H,1-2H3,(H,18,19,21)/b10-5+,17-6?. The number of esters is 1. The van der Waals surface area contributed by atoms with Gasteiger partial charge in [0, 0.05) is 16.1 Å². The number of carbonyl (C=O) groups is 2. The highest BCUT2D eigenvalue weighted by atomic mass is 79.9. The molecular weight excluding hydrogens is 405 g/mol. The molecule has 1 aliphatic rings. The molecule has 0 atom stereocenters. The summed E-state index contributed by atoms with van der Waals surface area (Å²) in [6, 6.07) is 3.08. The normalized spacial score (nSPS) is 17.6. The van der Waals surface area contributed by atoms with Gasteiger partial charge in [0.05, 0.1) is 25.3 Å². The Hall–Kier alpha value is -2.20. The zero-order valence-electron chi connectivity index (χ0n) is 12.5. The van der Waals surface area contributed by atoms with Gasteiger partial charge in [0.25, 0.3) is 5.91 Å². The number of nitrogens with zero attached hydrogens (tertiary/aromatic N) is 2. The van der Waals surface area contributed by atoms with E-state index < -0.39 is 17.7 Å². The van der Waals surface area contributed by atoms with Gasteiger partial charge >= 0.3 is 5.97 Å². The highest BCUT2D eigenvalue weighted by Gasteiger charge is 2.25. The molecule has 10 heteroatoms. The van der Waals surface area contributed by atoms with Gasteiger partial charge in [-0.15, -0.1) is 5.10 Å². The fourth-order valence-corrected chi connectivity index (χ4v) is 2.75. The lowest BCUT2D eigenvalue weighted by molar-refractivity contribution is -0.135. The van der Waals surface area contributed by atoms with Gasteiger partial charge in [-0.25, -0.2) is 9.18 Å². The molecule has 7 nitrogen and oxygen atoms in total. The molecule has 0 spiro atoms. The summed E-state index contributed by atoms with van der Waals surface area (Å²) in [7, 11) is 2.56. The number of ether oxygens (including phenoxy) is 2. The molecule has 0 unspecified atom stereocenters. The summed E-state index contributed by atoms with van der Waals surface area (Å²) < 4.78 is 23.9. The van der Waals surface area contributed by atoms with E-state index >= 15 is 0 Å². The van der Waals surface area contributed by atoms with Crippen LogP contribution in [0.1, 0.15) is 5.56 Å². The van der Waals surface area contributed by atoms with E-state index in [1.54, 1.807) is 6.07 Å². The molecule has 1 heterocycles. The van der Waals surface area contributed by atoms with Crippen LogP contribution >= 0.6 is 27.7 Å². The van der Waals surface area contributed by atoms with Gasteiger partial charge < -0.3 is 9.47 Å². The predicted octanol–water partition coefficient (Wildman–Crippen LogP) is 2.21. The number of hydrogen-bond acceptors (Lipinski definition) is 7. The van der Waals surface area contributed by atoms with Crippen LogP contribution in [-0.4, -0.2) is 37.5 Å². The largest absolute Gasteiger partial charge is 0.494 e. The van der Waals surface area contributed by atoms with Crippen molar-refractivity contribution in [2.45, 2.75) is 0 Å². The SMILES string of the molecule is COC(=O)/C=C1/S/C(=N\N=Cc2c(Br)ccc(OC)c2F)NC1=O. The van der Waals surface area contributed by atoms with E-state index in [2.05, 4.69) is 36.2 Å². The molecular formula is C14H11BrFN3O4S. The summed E-state index contributed by atoms with van der Waals surface area (Å²) in [5.74, 6) is -1.67. The van der Waals surface area contributed by atoms with Crippen molar-refractivity contribution in [1.82, 2.24) is 5.32 Å². The minimum atomic E-state index is -0.653. The van der Waals surface area contributed by atoms with Crippen LogP contribution in [0.15, 0.2) is 37.8 Å². The third-order valence-electron chi connectivity index (χ3n) is 2.75. The molecule has 1 N–H and O–H groups in total. The zero-order valence-corrected chi connectivity index (χ0v) is 14.9. The third kappa shape index (κ3) is 4.20. The zero-order chi connectivity index (χ0) is 17.7. The fourth-order valence-electron chi connectivity index (χ4n) is 1.61. The summed E-state index contributed by atoms with van der Waals surface area (Å²) in [4.78, 5) is 22.9. The van der Waals surface area contributed by atoms with E-state index in [1.807, 2.05) is 0 Å². The van der Waals surface area contributed by atoms with Crippen molar-refractivity contribution in [3.8, 4) is 5.75 Å². The first-order chi connectivity index (χ1) is 11.5. The molecule has 0 aliphatic carbocycles. The van der Waals surface area contributed by atoms with Crippen LogP contribution in [0.3, 0.4) is 0 Å². The third-order valence-corrected chi connectivity index (χ3v) is 4.34. The first kappa shape index (κ1) is 18.1. The minimum Gasteiger partial charge on any atom is -0.494 e. The second kappa shape index (κ2) is 8.06. The number of carbonyl (C=O) groups excluding carboxylic acids is 2. The maximum absolute atomic E-state index is 14.1. The smallest absolute Gasteiger partial charge is 0.331 e. The molecule has 1 fully saturated rings. The first-order valence-electron chi connectivity index (χ1n) is 6.38. The number of benzene rings is 1. The predicted molar refractivity (Wildman–Crippen MR) is 91.5 cm³/mol. The van der Waals surface area contributed by atoms with Crippen LogP contribution < -0.4 is 10.1 Å². The highest BCUT2D eigenvalue weighted by Crippen LogP contribution is 2.26. The number of thioether (sulfide) groups is 1. The monoisotopic (exact) mass is 415 g/mol. The Morgan fingerprint density at radius 1 is 1.42 bits per heavy atom. The van der Waals surface area contributed by atoms with Crippen LogP contribution in [-0.2, 0) is 14.3 Å². The van der Waals surface area contributed by atoms with Crippen molar-refractivity contribution < 1.29 is 23.5 Å². The summed E-state index contributed by atoms with van der Waals surface area (Å²) in [6.07, 6.45) is 2.23. The molecule has 126 valence electrons. The van der Waals surface area contributed by atoms with Crippen molar-refractivity contribution in [2.24, 2.45) is 10.2 Å². The van der Waals surface area contributed by atoms with Gasteiger partial charge in [0.2, 0.25) is 0 Å². The Kier molecular flexibility index (Phi) is 6.10. The van der Waals surface area contributed by atoms with Crippen molar-refractivity contribution in [3.05, 3.63) is 39.0 Å². The van der Waals surface area contributed by atoms with Gasteiger partial charge in [0.15, 0.2) is 16.7 Å². The van der Waals surface area contributed by atoms with E-state index in [4.69, 9.17) is 4.74 Å². The molecule has 2 rings (SSSR count). The van der Waals surface area contributed by atoms with E-state index in [9.17, 15) is 14.0 Å². The molecule has 0 radical (unpaired) electrons. The first-order valence-corrected chi connectivity index (χ1v) is 7.99. The molecule has 0 aromatic heterocycles. The fraction of sp³-hybridized carbons (Fsp3) is 0.143. The number of amides is 1. The summed E-state index contributed by atoms with van der Waals surface area (Å²) in [5.41, 5.74) is 0.151. The molecule has 1 aliphatic heterocycles. The van der Waals surface area contributed by atoms with Gasteiger partial charge in [-0.2, -0.15) is 5.10 Å². The molecule has 0 bridgehead atoms. The second-order valence-electron chi connectivity index (χ2n) is 4.21. The van der Waals surface area contributed by atoms with E-state index in [0.717, 1.165) is 17.8 Å². The quantitative estimate of drug-likeness (QED) is 0.352. The molecule has 1 amide bonds. The topological polar surface area (TPSA) is 89.3 Å². The van der Waals surface area contributed by atoms with Gasteiger partial charge in [-0.3, -0.25) is 10.1 Å². The average Bonchev–Trinajstić information content (AvgIpc) is 2.90. The van der Waals surface area contributed by atoms with Crippen molar-refractivity contribution in [3.63, 3.8) is 0 Å². The van der Waals surface area contributed by atoms with Crippen LogP contribution in [0, 0.1) is 5.82 Å². The van der Waals surface area contributed by atoms with E-state index in [-0.39, 0.29) is 21.4 Å². The number of halogens is 2. The lowest BCUT2D eigenvalue weighted by atomic mass is 10.2. The van der Waals surface area contributed by atoms with Crippen LogP contribution in [0.25, 0.3) is 0 Å². The maximum Gasteiger partial charge on any atom is 0.331 e. The summed E-state index contributed by atoms with van der Waals surface area (Å²) in [6.45, 7) is 0. The molecule has 24 heavy (non-hydrogen) atoms. The van der Waals surface area contributed by atoms with Crippen molar-refractivity contribution >= 4 is 51.0 Å². The summed E-state index contributed by atoms with van der Waals surface area (Å²) >= 11 is 4.13. The van der Waals surface area contributed by atoms with Crippen LogP contribution in [0.2, 0.25) is 0 Å². The molecule has 0 saturated carbocycles. The highest BCUT2D eigenvalue weighted by molar-refractivity contribution is 9.10. The lowest BCUT2D eigenvalue weighted by Gasteiger charge is -2.05. The number of amidine groups is 1. The Bertz CT molecular complexity index is 780. The summed E-state index contributed by atoms with van der Waals surface area (Å²) in [5, 5.41) is 10.1. The van der Waals surface area contributed by atoms with Crippen molar-refractivity contribution in [2.75, 3.05) is 14.2 Å². The number of nitrogens with one attached hydrogen (secondary N) is 1. The minimum absolute atomic E-state index is 0.0687. The lowest BCUT2D eigenvalue weighted by Crippen LogP contribution is -2.19. The Labute approximate surface area is 149 Å². The second-order valence-corrected chi connectivity index (χ2v) is 6.10. The van der Waals surface area contributed by atoms with Gasteiger partial charge in [-0.1, -0.05) is 15.9 Å². The number of methoxy groups -OCH3 is 2. The Balaban J connectivity index is 2.18.